The third kappa shape index (κ3) is 3.94. The van der Waals surface area contributed by atoms with Crippen molar-refractivity contribution in [2.24, 2.45) is 0 Å². The molecule has 0 bridgehead atoms. The van der Waals surface area contributed by atoms with Crippen molar-refractivity contribution in [2.75, 3.05) is 5.32 Å². The summed E-state index contributed by atoms with van der Waals surface area (Å²) in [4.78, 5) is 17.1. The maximum atomic E-state index is 12.6. The zero-order valence-corrected chi connectivity index (χ0v) is 16.0. The zero-order chi connectivity index (χ0) is 18.8. The van der Waals surface area contributed by atoms with Gasteiger partial charge in [0.15, 0.2) is 5.13 Å². The van der Waals surface area contributed by atoms with Crippen LogP contribution in [0.25, 0.3) is 10.2 Å². The summed E-state index contributed by atoms with van der Waals surface area (Å²) in [5.74, 6) is 1.07. The molecule has 0 saturated heterocycles. The van der Waals surface area contributed by atoms with Crippen molar-refractivity contribution in [1.29, 1.82) is 0 Å². The Morgan fingerprint density at radius 3 is 2.63 bits per heavy atom. The monoisotopic (exact) mass is 394 g/mol. The van der Waals surface area contributed by atoms with Crippen LogP contribution in [0.5, 0.6) is 11.5 Å². The fourth-order valence-electron chi connectivity index (χ4n) is 2.70. The lowest BCUT2D eigenvalue weighted by Crippen LogP contribution is -2.11. The van der Waals surface area contributed by atoms with Gasteiger partial charge < -0.3 is 4.74 Å². The van der Waals surface area contributed by atoms with E-state index in [-0.39, 0.29) is 5.91 Å². The Bertz CT molecular complexity index is 1130. The van der Waals surface area contributed by atoms with E-state index in [1.165, 1.54) is 11.3 Å². The standard InChI is InChI=1S/C21H15ClN2O2S/c1-13-10-15(22)12-18-19(13)23-21(27-18)24-20(25)14-6-5-9-17(11-14)26-16-7-3-2-4-8-16/h2-12H,1H3,(H,23,24,25). The maximum Gasteiger partial charge on any atom is 0.257 e. The van der Waals surface area contributed by atoms with Crippen molar-refractivity contribution in [3.63, 3.8) is 0 Å². The highest BCUT2D eigenvalue weighted by atomic mass is 35.5. The van der Waals surface area contributed by atoms with Crippen molar-refractivity contribution >= 4 is 44.2 Å². The summed E-state index contributed by atoms with van der Waals surface area (Å²) >= 11 is 7.49. The Morgan fingerprint density at radius 2 is 1.81 bits per heavy atom. The van der Waals surface area contributed by atoms with Crippen molar-refractivity contribution in [3.05, 3.63) is 82.9 Å². The van der Waals surface area contributed by atoms with Crippen LogP contribution in [-0.4, -0.2) is 10.9 Å². The first-order valence-corrected chi connectivity index (χ1v) is 9.49. The average Bonchev–Trinajstić information content (AvgIpc) is 3.05. The molecule has 0 radical (unpaired) electrons. The second kappa shape index (κ2) is 7.39. The number of hydrogen-bond acceptors (Lipinski definition) is 4. The van der Waals surface area contributed by atoms with Crippen molar-refractivity contribution in [2.45, 2.75) is 6.92 Å². The van der Waals surface area contributed by atoms with Gasteiger partial charge in [-0.15, -0.1) is 0 Å². The number of nitrogens with zero attached hydrogens (tertiary/aromatic N) is 1. The number of benzene rings is 3. The SMILES string of the molecule is Cc1cc(Cl)cc2sc(NC(=O)c3cccc(Oc4ccccc4)c3)nc12. The van der Waals surface area contributed by atoms with Crippen LogP contribution in [0.2, 0.25) is 5.02 Å². The number of aryl methyl sites for hydroxylation is 1. The van der Waals surface area contributed by atoms with Gasteiger partial charge >= 0.3 is 0 Å². The third-order valence-electron chi connectivity index (χ3n) is 3.95. The molecule has 0 aliphatic carbocycles. The molecule has 0 fully saturated rings. The van der Waals surface area contributed by atoms with Gasteiger partial charge in [-0.1, -0.05) is 47.2 Å². The second-order valence-electron chi connectivity index (χ2n) is 5.99. The van der Waals surface area contributed by atoms with Crippen molar-refractivity contribution < 1.29 is 9.53 Å². The van der Waals surface area contributed by atoms with E-state index in [2.05, 4.69) is 10.3 Å². The molecule has 4 nitrogen and oxygen atoms in total. The highest BCUT2D eigenvalue weighted by Crippen LogP contribution is 2.31. The molecule has 0 spiro atoms. The molecule has 1 aromatic heterocycles. The summed E-state index contributed by atoms with van der Waals surface area (Å²) in [6.07, 6.45) is 0. The van der Waals surface area contributed by atoms with E-state index in [1.807, 2.05) is 55.5 Å². The maximum absolute atomic E-state index is 12.6. The number of carbonyl (C=O) groups excluding carboxylic acids is 1. The van der Waals surface area contributed by atoms with Gasteiger partial charge in [0.2, 0.25) is 0 Å². The van der Waals surface area contributed by atoms with Crippen LogP contribution in [0.15, 0.2) is 66.7 Å². The van der Waals surface area contributed by atoms with Gasteiger partial charge in [0.05, 0.1) is 10.2 Å². The number of aromatic nitrogens is 1. The molecule has 4 aromatic rings. The summed E-state index contributed by atoms with van der Waals surface area (Å²) in [7, 11) is 0. The van der Waals surface area contributed by atoms with Crippen LogP contribution < -0.4 is 10.1 Å². The minimum atomic E-state index is -0.240. The van der Waals surface area contributed by atoms with E-state index >= 15 is 0 Å². The summed E-state index contributed by atoms with van der Waals surface area (Å²) < 4.78 is 6.73. The van der Waals surface area contributed by atoms with Gasteiger partial charge in [0.25, 0.3) is 5.91 Å². The third-order valence-corrected chi connectivity index (χ3v) is 5.08. The van der Waals surface area contributed by atoms with Crippen LogP contribution in [0.3, 0.4) is 0 Å². The number of anilines is 1. The van der Waals surface area contributed by atoms with Gasteiger partial charge in [-0.3, -0.25) is 10.1 Å². The van der Waals surface area contributed by atoms with Crippen LogP contribution in [-0.2, 0) is 0 Å². The summed E-state index contributed by atoms with van der Waals surface area (Å²) in [5.41, 5.74) is 2.32. The Kier molecular flexibility index (Phi) is 4.79. The summed E-state index contributed by atoms with van der Waals surface area (Å²) in [6, 6.07) is 20.2. The highest BCUT2D eigenvalue weighted by molar-refractivity contribution is 7.22. The molecule has 1 heterocycles. The number of fused-ring (bicyclic) bond motifs is 1. The Balaban J connectivity index is 1.55. The first-order valence-electron chi connectivity index (χ1n) is 8.29. The molecule has 0 saturated carbocycles. The van der Waals surface area contributed by atoms with Gasteiger partial charge in [-0.05, 0) is 55.0 Å². The molecule has 0 aliphatic heterocycles. The molecule has 0 aliphatic rings. The van der Waals surface area contributed by atoms with Crippen LogP contribution in [0.1, 0.15) is 15.9 Å². The molecular weight excluding hydrogens is 380 g/mol. The normalized spacial score (nSPS) is 10.7. The van der Waals surface area contributed by atoms with E-state index in [4.69, 9.17) is 16.3 Å². The quantitative estimate of drug-likeness (QED) is 0.441. The van der Waals surface area contributed by atoms with Gasteiger partial charge in [0.1, 0.15) is 11.5 Å². The largest absolute Gasteiger partial charge is 0.457 e. The van der Waals surface area contributed by atoms with E-state index in [9.17, 15) is 4.79 Å². The molecule has 134 valence electrons. The van der Waals surface area contributed by atoms with E-state index in [0.29, 0.717) is 27.2 Å². The number of ether oxygens (including phenoxy) is 1. The number of amides is 1. The van der Waals surface area contributed by atoms with E-state index < -0.39 is 0 Å². The second-order valence-corrected chi connectivity index (χ2v) is 7.45. The molecular formula is C21H15ClN2O2S. The molecule has 0 atom stereocenters. The summed E-state index contributed by atoms with van der Waals surface area (Å²) in [5, 5.41) is 4.05. The fraction of sp³-hybridized carbons (Fsp3) is 0.0476. The van der Waals surface area contributed by atoms with E-state index in [1.54, 1.807) is 18.2 Å². The lowest BCUT2D eigenvalue weighted by atomic mass is 10.2. The first kappa shape index (κ1) is 17.5. The minimum absolute atomic E-state index is 0.240. The van der Waals surface area contributed by atoms with Gasteiger partial charge in [-0.25, -0.2) is 4.98 Å². The zero-order valence-electron chi connectivity index (χ0n) is 14.4. The fourth-order valence-corrected chi connectivity index (χ4v) is 4.02. The van der Waals surface area contributed by atoms with Gasteiger partial charge in [0, 0.05) is 10.6 Å². The molecule has 4 rings (SSSR count). The predicted molar refractivity (Wildman–Crippen MR) is 110 cm³/mol. The smallest absolute Gasteiger partial charge is 0.257 e. The number of halogens is 1. The van der Waals surface area contributed by atoms with E-state index in [0.717, 1.165) is 15.8 Å². The lowest BCUT2D eigenvalue weighted by molar-refractivity contribution is 0.102. The summed E-state index contributed by atoms with van der Waals surface area (Å²) in [6.45, 7) is 1.95. The molecule has 6 heteroatoms. The number of para-hydroxylation sites is 1. The van der Waals surface area contributed by atoms with Crippen molar-refractivity contribution in [1.82, 2.24) is 4.98 Å². The molecule has 1 N–H and O–H groups in total. The van der Waals surface area contributed by atoms with Gasteiger partial charge in [-0.2, -0.15) is 0 Å². The minimum Gasteiger partial charge on any atom is -0.457 e. The molecule has 27 heavy (non-hydrogen) atoms. The van der Waals surface area contributed by atoms with Crippen molar-refractivity contribution in [3.8, 4) is 11.5 Å². The number of hydrogen-bond donors (Lipinski definition) is 1. The Labute approximate surface area is 165 Å². The first-order chi connectivity index (χ1) is 13.1. The molecule has 1 amide bonds. The predicted octanol–water partition coefficient (Wildman–Crippen LogP) is 6.30. The Morgan fingerprint density at radius 1 is 1.04 bits per heavy atom. The molecule has 3 aromatic carbocycles. The lowest BCUT2D eigenvalue weighted by Gasteiger charge is -2.07. The number of carbonyl (C=O) groups is 1. The number of rotatable bonds is 4. The number of nitrogens with one attached hydrogen (secondary N) is 1. The average molecular weight is 395 g/mol. The molecule has 0 unspecified atom stereocenters. The highest BCUT2D eigenvalue weighted by Gasteiger charge is 2.12. The van der Waals surface area contributed by atoms with Crippen LogP contribution in [0.4, 0.5) is 5.13 Å². The van der Waals surface area contributed by atoms with Crippen LogP contribution >= 0.6 is 22.9 Å². The topological polar surface area (TPSA) is 51.2 Å². The number of thiazole rings is 1. The Hall–Kier alpha value is -2.89. The van der Waals surface area contributed by atoms with Crippen LogP contribution in [0, 0.1) is 6.92 Å².